The van der Waals surface area contributed by atoms with Crippen molar-refractivity contribution in [1.29, 1.82) is 0 Å². The van der Waals surface area contributed by atoms with Gasteiger partial charge in [-0.15, -0.1) is 10.2 Å². The van der Waals surface area contributed by atoms with Crippen LogP contribution in [0.3, 0.4) is 0 Å². The largest absolute Gasteiger partial charge is 0.481 e. The Morgan fingerprint density at radius 2 is 2.22 bits per heavy atom. The second kappa shape index (κ2) is 5.18. The molecule has 1 N–H and O–H groups in total. The van der Waals surface area contributed by atoms with Crippen molar-refractivity contribution in [3.63, 3.8) is 0 Å². The lowest BCUT2D eigenvalue weighted by Gasteiger charge is -1.99. The normalized spacial score (nSPS) is 10.6. The number of hydrogen-bond acceptors (Lipinski definition) is 4. The molecular weight excluding hydrogens is 256 g/mol. The molecule has 0 aliphatic carbocycles. The third-order valence-electron chi connectivity index (χ3n) is 2.42. The predicted molar refractivity (Wildman–Crippen MR) is 65.4 cm³/mol. The number of nitrogens with zero attached hydrogens (tertiary/aromatic N) is 2. The average Bonchev–Trinajstić information content (AvgIpc) is 2.79. The van der Waals surface area contributed by atoms with Crippen molar-refractivity contribution in [2.75, 3.05) is 0 Å². The van der Waals surface area contributed by atoms with Crippen LogP contribution in [0.4, 0.5) is 0 Å². The van der Waals surface area contributed by atoms with Gasteiger partial charge >= 0.3 is 5.97 Å². The molecule has 0 saturated carbocycles. The van der Waals surface area contributed by atoms with E-state index in [9.17, 15) is 4.79 Å². The number of carboxylic acid groups (broad SMARTS) is 1. The summed E-state index contributed by atoms with van der Waals surface area (Å²) in [5, 5.41) is 16.9. The van der Waals surface area contributed by atoms with Gasteiger partial charge in [0.15, 0.2) is 0 Å². The fourth-order valence-electron chi connectivity index (χ4n) is 1.46. The zero-order chi connectivity index (χ0) is 13.1. The zero-order valence-corrected chi connectivity index (χ0v) is 10.4. The molecule has 2 rings (SSSR count). The number of hydrogen-bond donors (Lipinski definition) is 1. The van der Waals surface area contributed by atoms with Crippen LogP contribution in [0.15, 0.2) is 22.6 Å². The molecule has 1 aromatic carbocycles. The number of halogens is 1. The van der Waals surface area contributed by atoms with E-state index in [1.165, 1.54) is 0 Å². The van der Waals surface area contributed by atoms with Gasteiger partial charge in [-0.3, -0.25) is 4.79 Å². The topological polar surface area (TPSA) is 76.2 Å². The first kappa shape index (κ1) is 12.6. The first-order valence-corrected chi connectivity index (χ1v) is 5.75. The van der Waals surface area contributed by atoms with E-state index in [1.54, 1.807) is 12.1 Å². The van der Waals surface area contributed by atoms with Crippen LogP contribution in [0.1, 0.15) is 17.9 Å². The fraction of sp³-hybridized carbons (Fsp3) is 0.250. The second-order valence-electron chi connectivity index (χ2n) is 3.86. The van der Waals surface area contributed by atoms with Crippen molar-refractivity contribution in [2.24, 2.45) is 0 Å². The van der Waals surface area contributed by atoms with Gasteiger partial charge in [0, 0.05) is 17.0 Å². The van der Waals surface area contributed by atoms with Gasteiger partial charge in [0.25, 0.3) is 0 Å². The van der Waals surface area contributed by atoms with Crippen molar-refractivity contribution in [3.05, 3.63) is 34.7 Å². The third kappa shape index (κ3) is 2.87. The van der Waals surface area contributed by atoms with E-state index in [1.807, 2.05) is 13.0 Å². The summed E-state index contributed by atoms with van der Waals surface area (Å²) in [7, 11) is 0. The van der Waals surface area contributed by atoms with Crippen LogP contribution < -0.4 is 0 Å². The summed E-state index contributed by atoms with van der Waals surface area (Å²) < 4.78 is 5.39. The smallest absolute Gasteiger partial charge is 0.303 e. The van der Waals surface area contributed by atoms with Gasteiger partial charge in [0.2, 0.25) is 11.8 Å². The van der Waals surface area contributed by atoms with Gasteiger partial charge < -0.3 is 9.52 Å². The van der Waals surface area contributed by atoms with Crippen LogP contribution in [0.5, 0.6) is 0 Å². The van der Waals surface area contributed by atoms with Gasteiger partial charge in [-0.2, -0.15) is 0 Å². The van der Waals surface area contributed by atoms with Crippen LogP contribution >= 0.6 is 11.6 Å². The Morgan fingerprint density at radius 3 is 2.89 bits per heavy atom. The maximum absolute atomic E-state index is 10.4. The Morgan fingerprint density at radius 1 is 1.44 bits per heavy atom. The van der Waals surface area contributed by atoms with Crippen LogP contribution in [-0.4, -0.2) is 21.3 Å². The number of carbonyl (C=O) groups is 1. The van der Waals surface area contributed by atoms with Crippen LogP contribution in [0.25, 0.3) is 11.5 Å². The van der Waals surface area contributed by atoms with Crippen molar-refractivity contribution in [3.8, 4) is 11.5 Å². The number of benzene rings is 1. The molecule has 0 radical (unpaired) electrons. The van der Waals surface area contributed by atoms with E-state index in [0.29, 0.717) is 16.8 Å². The standard InChI is InChI=1S/C12H11ClN2O3/c1-7-6-8(2-3-9(7)13)12-15-14-10(18-12)4-5-11(16)17/h2-3,6H,4-5H2,1H3,(H,16,17). The summed E-state index contributed by atoms with van der Waals surface area (Å²) in [6.45, 7) is 1.88. The first-order valence-electron chi connectivity index (χ1n) is 5.37. The molecule has 0 atom stereocenters. The summed E-state index contributed by atoms with van der Waals surface area (Å²) in [5.74, 6) is -0.202. The van der Waals surface area contributed by atoms with Crippen molar-refractivity contribution in [1.82, 2.24) is 10.2 Å². The highest BCUT2D eigenvalue weighted by molar-refractivity contribution is 6.31. The van der Waals surface area contributed by atoms with Gasteiger partial charge in [0.1, 0.15) is 0 Å². The highest BCUT2D eigenvalue weighted by Crippen LogP contribution is 2.23. The van der Waals surface area contributed by atoms with E-state index >= 15 is 0 Å². The van der Waals surface area contributed by atoms with E-state index in [-0.39, 0.29) is 12.8 Å². The van der Waals surface area contributed by atoms with Crippen molar-refractivity contribution in [2.45, 2.75) is 19.8 Å². The molecule has 18 heavy (non-hydrogen) atoms. The molecule has 0 spiro atoms. The van der Waals surface area contributed by atoms with Crippen LogP contribution in [0.2, 0.25) is 5.02 Å². The summed E-state index contributed by atoms with van der Waals surface area (Å²) in [6.07, 6.45) is 0.205. The molecule has 0 fully saturated rings. The molecule has 0 aliphatic rings. The van der Waals surface area contributed by atoms with Crippen molar-refractivity contribution >= 4 is 17.6 Å². The zero-order valence-electron chi connectivity index (χ0n) is 9.68. The molecule has 94 valence electrons. The lowest BCUT2D eigenvalue weighted by molar-refractivity contribution is -0.137. The molecule has 5 nitrogen and oxygen atoms in total. The van der Waals surface area contributed by atoms with Gasteiger partial charge in [-0.05, 0) is 30.7 Å². The van der Waals surface area contributed by atoms with Crippen LogP contribution in [-0.2, 0) is 11.2 Å². The molecule has 6 heteroatoms. The first-order chi connectivity index (χ1) is 8.56. The lowest BCUT2D eigenvalue weighted by atomic mass is 10.1. The number of rotatable bonds is 4. The van der Waals surface area contributed by atoms with Crippen LogP contribution in [0, 0.1) is 6.92 Å². The number of aromatic nitrogens is 2. The molecule has 1 heterocycles. The second-order valence-corrected chi connectivity index (χ2v) is 4.27. The number of aryl methyl sites for hydroxylation is 2. The molecule has 2 aromatic rings. The Bertz CT molecular complexity index is 580. The summed E-state index contributed by atoms with van der Waals surface area (Å²) in [6, 6.07) is 5.38. The minimum atomic E-state index is -0.892. The van der Waals surface area contributed by atoms with Gasteiger partial charge in [-0.1, -0.05) is 11.6 Å². The highest BCUT2D eigenvalue weighted by Gasteiger charge is 2.10. The van der Waals surface area contributed by atoms with E-state index < -0.39 is 5.97 Å². The van der Waals surface area contributed by atoms with E-state index in [4.69, 9.17) is 21.1 Å². The van der Waals surface area contributed by atoms with E-state index in [0.717, 1.165) is 11.1 Å². The Labute approximate surface area is 108 Å². The maximum Gasteiger partial charge on any atom is 0.303 e. The summed E-state index contributed by atoms with van der Waals surface area (Å²) >= 11 is 5.93. The number of carboxylic acids is 1. The minimum Gasteiger partial charge on any atom is -0.481 e. The predicted octanol–water partition coefficient (Wildman–Crippen LogP) is 2.72. The molecular formula is C12H11ClN2O3. The SMILES string of the molecule is Cc1cc(-c2nnc(CCC(=O)O)o2)ccc1Cl. The maximum atomic E-state index is 10.4. The fourth-order valence-corrected chi connectivity index (χ4v) is 1.58. The molecule has 0 bridgehead atoms. The quantitative estimate of drug-likeness (QED) is 0.921. The Hall–Kier alpha value is -1.88. The van der Waals surface area contributed by atoms with Gasteiger partial charge in [0.05, 0.1) is 6.42 Å². The summed E-state index contributed by atoms with van der Waals surface area (Å²) in [5.41, 5.74) is 1.69. The Balaban J connectivity index is 2.18. The molecule has 1 aromatic heterocycles. The third-order valence-corrected chi connectivity index (χ3v) is 2.85. The molecule has 0 aliphatic heterocycles. The molecule has 0 unspecified atom stereocenters. The average molecular weight is 267 g/mol. The monoisotopic (exact) mass is 266 g/mol. The highest BCUT2D eigenvalue weighted by atomic mass is 35.5. The van der Waals surface area contributed by atoms with Crippen molar-refractivity contribution < 1.29 is 14.3 Å². The summed E-state index contributed by atoms with van der Waals surface area (Å²) in [4.78, 5) is 10.4. The Kier molecular flexibility index (Phi) is 3.62. The molecule has 0 amide bonds. The van der Waals surface area contributed by atoms with E-state index in [2.05, 4.69) is 10.2 Å². The minimum absolute atomic E-state index is 0.0265. The van der Waals surface area contributed by atoms with Gasteiger partial charge in [-0.25, -0.2) is 0 Å². The lowest BCUT2D eigenvalue weighted by Crippen LogP contribution is -1.97. The molecule has 0 saturated heterocycles. The number of aliphatic carboxylic acids is 1.